The van der Waals surface area contributed by atoms with Crippen molar-refractivity contribution >= 4 is 17.5 Å². The molecule has 0 radical (unpaired) electrons. The lowest BCUT2D eigenvalue weighted by Crippen LogP contribution is -2.59. The fourth-order valence-corrected chi connectivity index (χ4v) is 8.45. The van der Waals surface area contributed by atoms with Gasteiger partial charge in [0.25, 0.3) is 0 Å². The maximum Gasteiger partial charge on any atom is 0.332 e. The molecule has 2 bridgehead atoms. The van der Waals surface area contributed by atoms with Gasteiger partial charge in [-0.1, -0.05) is 53.9 Å². The molecule has 8 unspecified atom stereocenters. The number of carbonyl (C=O) groups is 3. The summed E-state index contributed by atoms with van der Waals surface area (Å²) in [6.45, 7) is 11.4. The molecule has 0 aromatic rings. The van der Waals surface area contributed by atoms with Crippen LogP contribution in [0.5, 0.6) is 0 Å². The van der Waals surface area contributed by atoms with Gasteiger partial charge < -0.3 is 5.11 Å². The first-order valence-electron chi connectivity index (χ1n) is 12.5. The third-order valence-corrected chi connectivity index (χ3v) is 10.1. The van der Waals surface area contributed by atoms with Crippen LogP contribution in [-0.4, -0.2) is 22.6 Å². The summed E-state index contributed by atoms with van der Waals surface area (Å²) in [4.78, 5) is 38.4. The van der Waals surface area contributed by atoms with Crippen LogP contribution in [-0.2, 0) is 14.4 Å². The minimum absolute atomic E-state index is 0.0553. The first-order chi connectivity index (χ1) is 14.5. The lowest BCUT2D eigenvalue weighted by Gasteiger charge is -2.58. The molecule has 0 heterocycles. The zero-order valence-corrected chi connectivity index (χ0v) is 19.9. The van der Waals surface area contributed by atoms with Gasteiger partial charge in [-0.2, -0.15) is 0 Å². The van der Waals surface area contributed by atoms with Crippen LogP contribution in [0.15, 0.2) is 11.6 Å². The third-order valence-electron chi connectivity index (χ3n) is 10.1. The van der Waals surface area contributed by atoms with Gasteiger partial charge in [-0.3, -0.25) is 9.59 Å². The minimum atomic E-state index is -0.987. The van der Waals surface area contributed by atoms with Crippen molar-refractivity contribution < 1.29 is 19.5 Å². The van der Waals surface area contributed by atoms with Gasteiger partial charge in [-0.05, 0) is 73.2 Å². The molecule has 0 aromatic heterocycles. The normalized spacial score (nSPS) is 42.8. The molecule has 4 nitrogen and oxygen atoms in total. The maximum atomic E-state index is 13.6. The molecule has 31 heavy (non-hydrogen) atoms. The van der Waals surface area contributed by atoms with Crippen molar-refractivity contribution in [2.24, 2.45) is 52.3 Å². The summed E-state index contributed by atoms with van der Waals surface area (Å²) in [6, 6.07) is 0. The summed E-state index contributed by atoms with van der Waals surface area (Å²) >= 11 is 0. The Morgan fingerprint density at radius 3 is 2.45 bits per heavy atom. The molecule has 172 valence electrons. The topological polar surface area (TPSA) is 71.4 Å². The summed E-state index contributed by atoms with van der Waals surface area (Å²) in [5.74, 6) is 0.441. The molecule has 0 aromatic carbocycles. The smallest absolute Gasteiger partial charge is 0.332 e. The molecule has 0 spiro atoms. The number of hydrogen-bond acceptors (Lipinski definition) is 3. The molecule has 3 saturated carbocycles. The van der Waals surface area contributed by atoms with Crippen molar-refractivity contribution in [1.82, 2.24) is 0 Å². The summed E-state index contributed by atoms with van der Waals surface area (Å²) in [5.41, 5.74) is -0.186. The maximum absolute atomic E-state index is 13.6. The molecule has 0 saturated heterocycles. The zero-order valence-electron chi connectivity index (χ0n) is 19.9. The lowest BCUT2D eigenvalue weighted by atomic mass is 9.44. The summed E-state index contributed by atoms with van der Waals surface area (Å²) in [7, 11) is 0. The number of aliphatic carboxylic acids is 1. The number of hydrogen-bond donors (Lipinski definition) is 1. The Balaban J connectivity index is 1.62. The number of carboxylic acid groups (broad SMARTS) is 1. The van der Waals surface area contributed by atoms with Gasteiger partial charge in [0.1, 0.15) is 5.78 Å². The first-order valence-corrected chi connectivity index (χ1v) is 12.5. The second kappa shape index (κ2) is 7.85. The molecule has 1 N–H and O–H groups in total. The van der Waals surface area contributed by atoms with E-state index >= 15 is 0 Å². The number of carbonyl (C=O) groups excluding carboxylic acids is 2. The van der Waals surface area contributed by atoms with Crippen molar-refractivity contribution in [3.63, 3.8) is 0 Å². The summed E-state index contributed by atoms with van der Waals surface area (Å²) in [5, 5.41) is 9.86. The second-order valence-electron chi connectivity index (χ2n) is 12.1. The predicted octanol–water partition coefficient (Wildman–Crippen LogP) is 5.70. The van der Waals surface area contributed by atoms with E-state index < -0.39 is 17.3 Å². The molecule has 3 fully saturated rings. The van der Waals surface area contributed by atoms with E-state index in [1.807, 2.05) is 6.92 Å². The van der Waals surface area contributed by atoms with E-state index in [4.69, 9.17) is 0 Å². The summed E-state index contributed by atoms with van der Waals surface area (Å²) in [6.07, 6.45) is 9.65. The molecule has 4 heteroatoms. The Kier molecular flexibility index (Phi) is 5.75. The standard InChI is InChI=1S/C27H40O4/c1-15(2)7-6-8-16(3)18-9-10-19-23-20(11-12-26(18,19)4)27(5)14-17(24(23)29)22(28)13-21(27)25(30)31/h13,15-20,23H,6-12,14H2,1-5H3,(H,30,31). The van der Waals surface area contributed by atoms with Crippen LogP contribution >= 0.6 is 0 Å². The van der Waals surface area contributed by atoms with E-state index in [0.29, 0.717) is 24.2 Å². The van der Waals surface area contributed by atoms with Crippen LogP contribution < -0.4 is 0 Å². The van der Waals surface area contributed by atoms with E-state index in [2.05, 4.69) is 27.7 Å². The van der Waals surface area contributed by atoms with Gasteiger partial charge >= 0.3 is 5.97 Å². The van der Waals surface area contributed by atoms with Gasteiger partial charge in [-0.25, -0.2) is 4.79 Å². The van der Waals surface area contributed by atoms with Gasteiger partial charge in [-0.15, -0.1) is 0 Å². The fraction of sp³-hybridized carbons (Fsp3) is 0.815. The van der Waals surface area contributed by atoms with E-state index in [-0.39, 0.29) is 34.4 Å². The van der Waals surface area contributed by atoms with Gasteiger partial charge in [0.15, 0.2) is 5.78 Å². The van der Waals surface area contributed by atoms with Crippen molar-refractivity contribution in [3.05, 3.63) is 11.6 Å². The minimum Gasteiger partial charge on any atom is -0.478 e. The van der Waals surface area contributed by atoms with Gasteiger partial charge in [0, 0.05) is 16.9 Å². The highest BCUT2D eigenvalue weighted by Crippen LogP contribution is 2.67. The van der Waals surface area contributed by atoms with E-state index in [9.17, 15) is 19.5 Å². The Morgan fingerprint density at radius 1 is 1.10 bits per heavy atom. The van der Waals surface area contributed by atoms with Crippen molar-refractivity contribution in [2.75, 3.05) is 0 Å². The number of ketones is 2. The zero-order chi connectivity index (χ0) is 22.7. The van der Waals surface area contributed by atoms with E-state index in [1.165, 1.54) is 25.3 Å². The average molecular weight is 429 g/mol. The van der Waals surface area contributed by atoms with Crippen molar-refractivity contribution in [2.45, 2.75) is 86.0 Å². The van der Waals surface area contributed by atoms with Crippen molar-refractivity contribution in [1.29, 1.82) is 0 Å². The molecular weight excluding hydrogens is 388 g/mol. The molecule has 0 amide bonds. The SMILES string of the molecule is CC(C)CCCC(C)C1CCC2C3C(=O)C4CC(C)(C(C(=O)O)=CC4=O)C3CCC12C. The monoisotopic (exact) mass is 428 g/mol. The van der Waals surface area contributed by atoms with Crippen molar-refractivity contribution in [3.8, 4) is 0 Å². The Morgan fingerprint density at radius 2 is 1.81 bits per heavy atom. The highest BCUT2D eigenvalue weighted by atomic mass is 16.4. The molecule has 4 rings (SSSR count). The number of rotatable bonds is 6. The number of carboxylic acids is 1. The highest BCUT2D eigenvalue weighted by Gasteiger charge is 2.65. The largest absolute Gasteiger partial charge is 0.478 e. The van der Waals surface area contributed by atoms with Crippen LogP contribution in [0.1, 0.15) is 86.0 Å². The number of allylic oxidation sites excluding steroid dienone is 1. The molecule has 0 aliphatic heterocycles. The fourth-order valence-electron chi connectivity index (χ4n) is 8.45. The molecule has 4 aliphatic carbocycles. The third kappa shape index (κ3) is 3.43. The second-order valence-corrected chi connectivity index (χ2v) is 12.1. The number of Topliss-reactive ketones (excluding diaryl/α,β-unsaturated/α-hetero) is 1. The van der Waals surface area contributed by atoms with Crippen LogP contribution in [0.25, 0.3) is 0 Å². The lowest BCUT2D eigenvalue weighted by molar-refractivity contribution is -0.157. The highest BCUT2D eigenvalue weighted by molar-refractivity contribution is 6.13. The van der Waals surface area contributed by atoms with Crippen LogP contribution in [0, 0.1) is 52.3 Å². The van der Waals surface area contributed by atoms with Gasteiger partial charge in [0.05, 0.1) is 5.92 Å². The van der Waals surface area contributed by atoms with Crippen LogP contribution in [0.4, 0.5) is 0 Å². The molecule has 8 atom stereocenters. The summed E-state index contributed by atoms with van der Waals surface area (Å²) < 4.78 is 0. The molecular formula is C27H40O4. The van der Waals surface area contributed by atoms with E-state index in [0.717, 1.165) is 31.6 Å². The Labute approximate surface area is 187 Å². The number of fused-ring (bicyclic) bond motifs is 6. The van der Waals surface area contributed by atoms with Crippen LogP contribution in [0.2, 0.25) is 0 Å². The quantitative estimate of drug-likeness (QED) is 0.551. The van der Waals surface area contributed by atoms with Gasteiger partial charge in [0.2, 0.25) is 0 Å². The van der Waals surface area contributed by atoms with E-state index in [1.54, 1.807) is 0 Å². The van der Waals surface area contributed by atoms with Crippen LogP contribution in [0.3, 0.4) is 0 Å². The Bertz CT molecular complexity index is 810. The average Bonchev–Trinajstić information content (AvgIpc) is 3.04. The predicted molar refractivity (Wildman–Crippen MR) is 120 cm³/mol. The molecule has 4 aliphatic rings. The first kappa shape index (κ1) is 22.7. The Hall–Kier alpha value is -1.45.